The number of nitrogens with one attached hydrogen (secondary N) is 1. The van der Waals surface area contributed by atoms with Crippen molar-refractivity contribution in [2.45, 2.75) is 59.9 Å². The minimum Gasteiger partial charge on any atom is -0.348 e. The molecule has 1 saturated carbocycles. The molecule has 4 heteroatoms. The summed E-state index contributed by atoms with van der Waals surface area (Å²) in [5, 5.41) is 4.80. The van der Waals surface area contributed by atoms with Crippen LogP contribution >= 0.6 is 11.3 Å². The molecule has 1 aliphatic rings. The molecule has 1 aliphatic carbocycles. The first-order valence-electron chi connectivity index (χ1n) is 8.46. The largest absolute Gasteiger partial charge is 0.348 e. The second-order valence-electron chi connectivity index (χ2n) is 6.97. The molecule has 0 atom stereocenters. The Hall–Kier alpha value is -0.610. The quantitative estimate of drug-likeness (QED) is 0.739. The second kappa shape index (κ2) is 7.59. The van der Waals surface area contributed by atoms with Gasteiger partial charge < -0.3 is 10.2 Å². The SMILES string of the molecule is CCN(CC1CC1)c1nc(C(C)C)c(CNCC(C)C)s1. The van der Waals surface area contributed by atoms with Crippen molar-refractivity contribution in [3.05, 3.63) is 10.6 Å². The summed E-state index contributed by atoms with van der Waals surface area (Å²) in [4.78, 5) is 8.86. The summed E-state index contributed by atoms with van der Waals surface area (Å²) in [5.74, 6) is 2.12. The minimum absolute atomic E-state index is 0.505. The van der Waals surface area contributed by atoms with Gasteiger partial charge in [0.25, 0.3) is 0 Å². The highest BCUT2D eigenvalue weighted by atomic mass is 32.1. The third-order valence-electron chi connectivity index (χ3n) is 3.93. The predicted molar refractivity (Wildman–Crippen MR) is 93.4 cm³/mol. The lowest BCUT2D eigenvalue weighted by atomic mass is 10.1. The topological polar surface area (TPSA) is 28.2 Å². The Morgan fingerprint density at radius 2 is 2.00 bits per heavy atom. The number of rotatable bonds is 9. The van der Waals surface area contributed by atoms with E-state index in [1.54, 1.807) is 0 Å². The zero-order chi connectivity index (χ0) is 15.4. The zero-order valence-electron chi connectivity index (χ0n) is 14.3. The van der Waals surface area contributed by atoms with E-state index < -0.39 is 0 Å². The lowest BCUT2D eigenvalue weighted by Gasteiger charge is -2.19. The van der Waals surface area contributed by atoms with E-state index in [1.165, 1.54) is 35.1 Å². The summed E-state index contributed by atoms with van der Waals surface area (Å²) in [5.41, 5.74) is 1.29. The molecule has 0 aliphatic heterocycles. The molecule has 0 bridgehead atoms. The Labute approximate surface area is 134 Å². The van der Waals surface area contributed by atoms with Crippen molar-refractivity contribution >= 4 is 16.5 Å². The summed E-state index contributed by atoms with van der Waals surface area (Å²) < 4.78 is 0. The van der Waals surface area contributed by atoms with Crippen molar-refractivity contribution in [3.63, 3.8) is 0 Å². The van der Waals surface area contributed by atoms with E-state index in [-0.39, 0.29) is 0 Å². The van der Waals surface area contributed by atoms with E-state index in [0.717, 1.165) is 25.6 Å². The average molecular weight is 310 g/mol. The predicted octanol–water partition coefficient (Wildman–Crippen LogP) is 4.25. The molecular weight excluding hydrogens is 278 g/mol. The van der Waals surface area contributed by atoms with E-state index in [1.807, 2.05) is 11.3 Å². The van der Waals surface area contributed by atoms with Crippen LogP contribution in [-0.4, -0.2) is 24.6 Å². The van der Waals surface area contributed by atoms with Crippen molar-refractivity contribution < 1.29 is 0 Å². The molecule has 21 heavy (non-hydrogen) atoms. The van der Waals surface area contributed by atoms with E-state index in [9.17, 15) is 0 Å². The summed E-state index contributed by atoms with van der Waals surface area (Å²) in [6.45, 7) is 15.6. The maximum atomic E-state index is 4.96. The van der Waals surface area contributed by atoms with Gasteiger partial charge in [-0.2, -0.15) is 0 Å². The molecule has 0 saturated heterocycles. The van der Waals surface area contributed by atoms with Crippen LogP contribution in [0.4, 0.5) is 5.13 Å². The maximum Gasteiger partial charge on any atom is 0.185 e. The monoisotopic (exact) mass is 309 g/mol. The molecule has 1 aromatic rings. The maximum absolute atomic E-state index is 4.96. The number of hydrogen-bond acceptors (Lipinski definition) is 4. The van der Waals surface area contributed by atoms with Crippen molar-refractivity contribution in [2.24, 2.45) is 11.8 Å². The fraction of sp³-hybridized carbons (Fsp3) is 0.824. The van der Waals surface area contributed by atoms with Crippen molar-refractivity contribution in [2.75, 3.05) is 24.5 Å². The molecule has 2 rings (SSSR count). The highest BCUT2D eigenvalue weighted by Gasteiger charge is 2.26. The molecule has 120 valence electrons. The molecule has 0 unspecified atom stereocenters. The summed E-state index contributed by atoms with van der Waals surface area (Å²) in [6, 6.07) is 0. The number of thiazole rings is 1. The summed E-state index contributed by atoms with van der Waals surface area (Å²) >= 11 is 1.89. The Morgan fingerprint density at radius 1 is 1.29 bits per heavy atom. The van der Waals surface area contributed by atoms with E-state index >= 15 is 0 Å². The third kappa shape index (κ3) is 4.96. The fourth-order valence-electron chi connectivity index (χ4n) is 2.49. The molecular formula is C17H31N3S. The molecule has 1 heterocycles. The van der Waals surface area contributed by atoms with Crippen molar-refractivity contribution in [3.8, 4) is 0 Å². The molecule has 1 fully saturated rings. The Morgan fingerprint density at radius 3 is 2.52 bits per heavy atom. The van der Waals surface area contributed by atoms with E-state index in [0.29, 0.717) is 11.8 Å². The van der Waals surface area contributed by atoms with E-state index in [4.69, 9.17) is 4.98 Å². The molecule has 3 nitrogen and oxygen atoms in total. The molecule has 0 spiro atoms. The van der Waals surface area contributed by atoms with Gasteiger partial charge in [0, 0.05) is 24.5 Å². The number of aromatic nitrogens is 1. The minimum atomic E-state index is 0.505. The van der Waals surface area contributed by atoms with Gasteiger partial charge in [-0.15, -0.1) is 11.3 Å². The van der Waals surface area contributed by atoms with Gasteiger partial charge in [0.05, 0.1) is 5.69 Å². The van der Waals surface area contributed by atoms with Crippen LogP contribution in [0.5, 0.6) is 0 Å². The normalized spacial score (nSPS) is 15.2. The smallest absolute Gasteiger partial charge is 0.185 e. The van der Waals surface area contributed by atoms with Gasteiger partial charge in [-0.1, -0.05) is 27.7 Å². The number of nitrogens with zero attached hydrogens (tertiary/aromatic N) is 2. The van der Waals surface area contributed by atoms with Gasteiger partial charge in [0.1, 0.15) is 0 Å². The molecule has 0 aromatic carbocycles. The van der Waals surface area contributed by atoms with Gasteiger partial charge in [0.2, 0.25) is 0 Å². The first-order chi connectivity index (χ1) is 10.0. The molecule has 0 radical (unpaired) electrons. The highest BCUT2D eigenvalue weighted by molar-refractivity contribution is 7.15. The van der Waals surface area contributed by atoms with Crippen LogP contribution in [-0.2, 0) is 6.54 Å². The lowest BCUT2D eigenvalue weighted by Crippen LogP contribution is -2.25. The van der Waals surface area contributed by atoms with Gasteiger partial charge in [-0.25, -0.2) is 4.98 Å². The highest BCUT2D eigenvalue weighted by Crippen LogP contribution is 2.35. The van der Waals surface area contributed by atoms with Crippen LogP contribution in [0.2, 0.25) is 0 Å². The van der Waals surface area contributed by atoms with Crippen molar-refractivity contribution in [1.29, 1.82) is 0 Å². The summed E-state index contributed by atoms with van der Waals surface area (Å²) in [6.07, 6.45) is 2.81. The van der Waals surface area contributed by atoms with Crippen LogP contribution in [0.15, 0.2) is 0 Å². The van der Waals surface area contributed by atoms with Crippen LogP contribution in [0.25, 0.3) is 0 Å². The second-order valence-corrected chi connectivity index (χ2v) is 8.03. The Bertz CT molecular complexity index is 435. The first-order valence-corrected chi connectivity index (χ1v) is 9.28. The number of anilines is 1. The Balaban J connectivity index is 2.07. The zero-order valence-corrected chi connectivity index (χ0v) is 15.1. The van der Waals surface area contributed by atoms with Crippen LogP contribution < -0.4 is 10.2 Å². The van der Waals surface area contributed by atoms with Gasteiger partial charge in [-0.05, 0) is 44.1 Å². The molecule has 0 amide bonds. The molecule has 1 aromatic heterocycles. The van der Waals surface area contributed by atoms with Crippen molar-refractivity contribution in [1.82, 2.24) is 10.3 Å². The lowest BCUT2D eigenvalue weighted by molar-refractivity contribution is 0.552. The van der Waals surface area contributed by atoms with Gasteiger partial charge in [-0.3, -0.25) is 0 Å². The fourth-order valence-corrected chi connectivity index (χ4v) is 3.75. The van der Waals surface area contributed by atoms with E-state index in [2.05, 4.69) is 44.8 Å². The van der Waals surface area contributed by atoms with Crippen LogP contribution in [0.3, 0.4) is 0 Å². The molecule has 1 N–H and O–H groups in total. The average Bonchev–Trinajstić information content (AvgIpc) is 3.14. The number of hydrogen-bond donors (Lipinski definition) is 1. The summed E-state index contributed by atoms with van der Waals surface area (Å²) in [7, 11) is 0. The van der Waals surface area contributed by atoms with Crippen LogP contribution in [0, 0.1) is 11.8 Å². The Kier molecular flexibility index (Phi) is 6.06. The van der Waals surface area contributed by atoms with Gasteiger partial charge in [0.15, 0.2) is 5.13 Å². The third-order valence-corrected chi connectivity index (χ3v) is 5.06. The van der Waals surface area contributed by atoms with Gasteiger partial charge >= 0.3 is 0 Å². The standard InChI is InChI=1S/C17H31N3S/c1-6-20(11-14-7-8-14)17-19-16(13(4)5)15(21-17)10-18-9-12(2)3/h12-14,18H,6-11H2,1-5H3. The van der Waals surface area contributed by atoms with Crippen LogP contribution in [0.1, 0.15) is 63.9 Å². The first kappa shape index (κ1) is 16.8.